The number of pyridine rings is 1. The Morgan fingerprint density at radius 2 is 2.25 bits per heavy atom. The molecule has 20 heavy (non-hydrogen) atoms. The molecule has 5 heteroatoms. The molecule has 2 aromatic rings. The van der Waals surface area contributed by atoms with Crippen molar-refractivity contribution < 1.29 is 14.3 Å². The molecule has 0 amide bonds. The largest absolute Gasteiger partial charge is 0.461 e. The van der Waals surface area contributed by atoms with Crippen LogP contribution in [0.25, 0.3) is 11.0 Å². The van der Waals surface area contributed by atoms with Crippen LogP contribution < -0.4 is 0 Å². The molecule has 0 spiro atoms. The van der Waals surface area contributed by atoms with E-state index in [4.69, 9.17) is 9.47 Å². The van der Waals surface area contributed by atoms with Crippen molar-refractivity contribution in [3.05, 3.63) is 30.1 Å². The van der Waals surface area contributed by atoms with Crippen LogP contribution in [-0.4, -0.2) is 35.8 Å². The minimum absolute atomic E-state index is 0.294. The third-order valence-electron chi connectivity index (χ3n) is 3.12. The van der Waals surface area contributed by atoms with E-state index in [0.29, 0.717) is 12.3 Å². The summed E-state index contributed by atoms with van der Waals surface area (Å²) < 4.78 is 12.1. The number of methoxy groups -OCH3 is 1. The number of fused-ring (bicyclic) bond motifs is 1. The van der Waals surface area contributed by atoms with Gasteiger partial charge in [-0.1, -0.05) is 0 Å². The number of carbonyl (C=O) groups is 1. The zero-order chi connectivity index (χ0) is 14.4. The summed E-state index contributed by atoms with van der Waals surface area (Å²) in [6, 6.07) is 5.67. The third-order valence-corrected chi connectivity index (χ3v) is 3.12. The minimum Gasteiger partial charge on any atom is -0.461 e. The molecule has 0 aliphatic heterocycles. The Morgan fingerprint density at radius 3 is 3.00 bits per heavy atom. The van der Waals surface area contributed by atoms with Gasteiger partial charge in [0, 0.05) is 31.8 Å². The molecule has 0 saturated heterocycles. The first-order chi connectivity index (χ1) is 9.77. The Balaban J connectivity index is 2.27. The average molecular weight is 276 g/mol. The fourth-order valence-corrected chi connectivity index (χ4v) is 2.20. The Morgan fingerprint density at radius 1 is 1.40 bits per heavy atom. The minimum atomic E-state index is -0.294. The summed E-state index contributed by atoms with van der Waals surface area (Å²) in [5, 5.41) is 0.960. The van der Waals surface area contributed by atoms with Crippen LogP contribution >= 0.6 is 0 Å². The standard InChI is InChI=1S/C15H20N2O3/c1-3-20-15(18)13-11-12-7-6-8-16-14(12)17(13)9-4-5-10-19-2/h6-8,11H,3-5,9-10H2,1-2H3. The second kappa shape index (κ2) is 7.05. The number of hydrogen-bond donors (Lipinski definition) is 0. The van der Waals surface area contributed by atoms with Crippen molar-refractivity contribution in [3.63, 3.8) is 0 Å². The van der Waals surface area contributed by atoms with Crippen molar-refractivity contribution in [2.24, 2.45) is 0 Å². The number of carbonyl (C=O) groups excluding carboxylic acids is 1. The van der Waals surface area contributed by atoms with E-state index in [1.807, 2.05) is 29.7 Å². The first kappa shape index (κ1) is 14.5. The number of rotatable bonds is 7. The Hall–Kier alpha value is -1.88. The lowest BCUT2D eigenvalue weighted by Gasteiger charge is -2.09. The van der Waals surface area contributed by atoms with Gasteiger partial charge in [-0.25, -0.2) is 9.78 Å². The molecule has 108 valence electrons. The number of nitrogens with zero attached hydrogens (tertiary/aromatic N) is 2. The number of hydrogen-bond acceptors (Lipinski definition) is 4. The number of unbranched alkanes of at least 4 members (excludes halogenated alkanes) is 1. The van der Waals surface area contributed by atoms with Crippen molar-refractivity contribution in [3.8, 4) is 0 Å². The maximum Gasteiger partial charge on any atom is 0.355 e. The Bertz CT molecular complexity index is 578. The van der Waals surface area contributed by atoms with Gasteiger partial charge >= 0.3 is 5.97 Å². The van der Waals surface area contributed by atoms with Gasteiger partial charge in [-0.2, -0.15) is 0 Å². The summed E-state index contributed by atoms with van der Waals surface area (Å²) >= 11 is 0. The average Bonchev–Trinajstić information content (AvgIpc) is 2.83. The molecule has 2 aromatic heterocycles. The predicted octanol–water partition coefficient (Wildman–Crippen LogP) is 2.64. The topological polar surface area (TPSA) is 53.3 Å². The van der Waals surface area contributed by atoms with E-state index in [9.17, 15) is 4.79 Å². The number of esters is 1. The molecular formula is C15H20N2O3. The highest BCUT2D eigenvalue weighted by Crippen LogP contribution is 2.19. The van der Waals surface area contributed by atoms with E-state index in [2.05, 4.69) is 4.98 Å². The highest BCUT2D eigenvalue weighted by Gasteiger charge is 2.16. The number of ether oxygens (including phenoxy) is 2. The molecule has 0 unspecified atom stereocenters. The second-order valence-electron chi connectivity index (χ2n) is 4.52. The van der Waals surface area contributed by atoms with Gasteiger partial charge in [0.2, 0.25) is 0 Å². The van der Waals surface area contributed by atoms with Crippen molar-refractivity contribution in [1.82, 2.24) is 9.55 Å². The first-order valence-corrected chi connectivity index (χ1v) is 6.88. The molecule has 2 rings (SSSR count). The summed E-state index contributed by atoms with van der Waals surface area (Å²) in [7, 11) is 1.69. The molecule has 0 aliphatic carbocycles. The summed E-state index contributed by atoms with van der Waals surface area (Å²) in [5.41, 5.74) is 1.39. The Labute approximate surface area is 118 Å². The fourth-order valence-electron chi connectivity index (χ4n) is 2.20. The molecule has 0 radical (unpaired) electrons. The van der Waals surface area contributed by atoms with Crippen LogP contribution in [0.15, 0.2) is 24.4 Å². The summed E-state index contributed by atoms with van der Waals surface area (Å²) in [5.74, 6) is -0.294. The highest BCUT2D eigenvalue weighted by atomic mass is 16.5. The zero-order valence-corrected chi connectivity index (χ0v) is 12.0. The predicted molar refractivity (Wildman–Crippen MR) is 76.8 cm³/mol. The van der Waals surface area contributed by atoms with Crippen LogP contribution in [0.2, 0.25) is 0 Å². The monoisotopic (exact) mass is 276 g/mol. The molecule has 5 nitrogen and oxygen atoms in total. The van der Waals surface area contributed by atoms with Crippen molar-refractivity contribution in [1.29, 1.82) is 0 Å². The highest BCUT2D eigenvalue weighted by molar-refractivity contribution is 5.94. The lowest BCUT2D eigenvalue weighted by atomic mass is 10.3. The van der Waals surface area contributed by atoms with Crippen LogP contribution in [0.4, 0.5) is 0 Å². The van der Waals surface area contributed by atoms with Crippen LogP contribution in [0.1, 0.15) is 30.3 Å². The SMILES string of the molecule is CCOC(=O)c1cc2cccnc2n1CCCCOC. The molecule has 2 heterocycles. The fraction of sp³-hybridized carbons (Fsp3) is 0.467. The van der Waals surface area contributed by atoms with Gasteiger partial charge in [0.05, 0.1) is 6.61 Å². The maximum atomic E-state index is 12.0. The van der Waals surface area contributed by atoms with Crippen LogP contribution in [0, 0.1) is 0 Å². The van der Waals surface area contributed by atoms with Gasteiger partial charge in [0.25, 0.3) is 0 Å². The van der Waals surface area contributed by atoms with E-state index in [-0.39, 0.29) is 5.97 Å². The lowest BCUT2D eigenvalue weighted by Crippen LogP contribution is -2.13. The van der Waals surface area contributed by atoms with E-state index >= 15 is 0 Å². The molecular weight excluding hydrogens is 256 g/mol. The van der Waals surface area contributed by atoms with Crippen molar-refractivity contribution in [2.45, 2.75) is 26.3 Å². The van der Waals surface area contributed by atoms with Crippen LogP contribution in [0.5, 0.6) is 0 Å². The van der Waals surface area contributed by atoms with Crippen molar-refractivity contribution in [2.75, 3.05) is 20.3 Å². The third kappa shape index (κ3) is 3.17. The van der Waals surface area contributed by atoms with Gasteiger partial charge in [0.15, 0.2) is 0 Å². The first-order valence-electron chi connectivity index (χ1n) is 6.88. The quantitative estimate of drug-likeness (QED) is 0.576. The maximum absolute atomic E-state index is 12.0. The van der Waals surface area contributed by atoms with Gasteiger partial charge < -0.3 is 14.0 Å². The van der Waals surface area contributed by atoms with Gasteiger partial charge in [-0.3, -0.25) is 0 Å². The van der Waals surface area contributed by atoms with Gasteiger partial charge in [-0.15, -0.1) is 0 Å². The second-order valence-corrected chi connectivity index (χ2v) is 4.52. The summed E-state index contributed by atoms with van der Waals surface area (Å²) in [6.45, 7) is 3.64. The van der Waals surface area contributed by atoms with Gasteiger partial charge in [0.1, 0.15) is 11.3 Å². The van der Waals surface area contributed by atoms with E-state index in [0.717, 1.165) is 37.0 Å². The molecule has 0 bridgehead atoms. The molecule has 0 saturated carbocycles. The number of aromatic nitrogens is 2. The van der Waals surface area contributed by atoms with Gasteiger partial charge in [-0.05, 0) is 38.0 Å². The summed E-state index contributed by atoms with van der Waals surface area (Å²) in [6.07, 6.45) is 3.62. The van der Waals surface area contributed by atoms with E-state index in [1.54, 1.807) is 13.3 Å². The molecule has 0 N–H and O–H groups in total. The Kier molecular flexibility index (Phi) is 5.12. The molecule has 0 fully saturated rings. The zero-order valence-electron chi connectivity index (χ0n) is 12.0. The van der Waals surface area contributed by atoms with Crippen molar-refractivity contribution >= 4 is 17.0 Å². The van der Waals surface area contributed by atoms with Crippen LogP contribution in [-0.2, 0) is 16.0 Å². The lowest BCUT2D eigenvalue weighted by molar-refractivity contribution is 0.0514. The molecule has 0 aromatic carbocycles. The normalized spacial score (nSPS) is 10.9. The van der Waals surface area contributed by atoms with E-state index < -0.39 is 0 Å². The number of aryl methyl sites for hydroxylation is 1. The smallest absolute Gasteiger partial charge is 0.355 e. The molecule has 0 atom stereocenters. The van der Waals surface area contributed by atoms with E-state index in [1.165, 1.54) is 0 Å². The summed E-state index contributed by atoms with van der Waals surface area (Å²) in [4.78, 5) is 16.4. The van der Waals surface area contributed by atoms with Crippen LogP contribution in [0.3, 0.4) is 0 Å². The molecule has 0 aliphatic rings.